The molecule has 0 spiro atoms. The molecule has 1 aromatic heterocycles. The Hall–Kier alpha value is -3.77. The van der Waals surface area contributed by atoms with Crippen molar-refractivity contribution >= 4 is 34.3 Å². The van der Waals surface area contributed by atoms with E-state index in [9.17, 15) is 9.59 Å². The molecule has 1 heterocycles. The number of fused-ring (bicyclic) bond motifs is 1. The highest BCUT2D eigenvalue weighted by Crippen LogP contribution is 2.31. The third kappa shape index (κ3) is 6.15. The van der Waals surface area contributed by atoms with Gasteiger partial charge in [-0.05, 0) is 79.1 Å². The zero-order valence-electron chi connectivity index (χ0n) is 21.3. The van der Waals surface area contributed by atoms with Gasteiger partial charge in [-0.2, -0.15) is 0 Å². The molecule has 192 valence electrons. The molecular weight excluding hydrogens is 488 g/mol. The molecule has 0 aliphatic rings. The molecule has 0 aliphatic heterocycles. The fourth-order valence-electron chi connectivity index (χ4n) is 4.42. The fraction of sp³-hybridized carbons (Fsp3) is 0.267. The SMILES string of the molecule is CCCc1ccc(OCCNC(=O)Cc2c(C)n(C(=O)c3ccc(Cl)cc3)c3ccc(OC)cc23)cc1. The van der Waals surface area contributed by atoms with E-state index in [-0.39, 0.29) is 18.2 Å². The van der Waals surface area contributed by atoms with E-state index in [4.69, 9.17) is 21.1 Å². The number of carbonyl (C=O) groups excluding carboxylic acids is 2. The first-order valence-corrected chi connectivity index (χ1v) is 12.8. The maximum atomic E-state index is 13.4. The van der Waals surface area contributed by atoms with Gasteiger partial charge in [0.05, 0.1) is 25.6 Å². The normalized spacial score (nSPS) is 10.9. The van der Waals surface area contributed by atoms with Crippen LogP contribution in [0.5, 0.6) is 11.5 Å². The zero-order chi connectivity index (χ0) is 26.4. The lowest BCUT2D eigenvalue weighted by atomic mass is 10.1. The Morgan fingerprint density at radius 1 is 0.973 bits per heavy atom. The third-order valence-electron chi connectivity index (χ3n) is 6.33. The van der Waals surface area contributed by atoms with Crippen LogP contribution >= 0.6 is 11.6 Å². The Bertz CT molecular complexity index is 1390. The number of nitrogens with one attached hydrogen (secondary N) is 1. The summed E-state index contributed by atoms with van der Waals surface area (Å²) in [6, 6.07) is 20.3. The number of hydrogen-bond donors (Lipinski definition) is 1. The maximum absolute atomic E-state index is 13.4. The highest BCUT2D eigenvalue weighted by atomic mass is 35.5. The topological polar surface area (TPSA) is 69.6 Å². The number of benzene rings is 3. The first-order chi connectivity index (χ1) is 17.9. The summed E-state index contributed by atoms with van der Waals surface area (Å²) >= 11 is 6.00. The average Bonchev–Trinajstić information content (AvgIpc) is 3.17. The molecule has 37 heavy (non-hydrogen) atoms. The molecule has 4 aromatic rings. The summed E-state index contributed by atoms with van der Waals surface area (Å²) in [5, 5.41) is 4.29. The Labute approximate surface area is 222 Å². The number of aromatic nitrogens is 1. The predicted molar refractivity (Wildman–Crippen MR) is 147 cm³/mol. The van der Waals surface area contributed by atoms with Crippen LogP contribution in [0.1, 0.15) is 40.5 Å². The van der Waals surface area contributed by atoms with Gasteiger partial charge < -0.3 is 14.8 Å². The van der Waals surface area contributed by atoms with Crippen LogP contribution in [0, 0.1) is 6.92 Å². The molecule has 4 rings (SSSR count). The highest BCUT2D eigenvalue weighted by Gasteiger charge is 2.22. The molecule has 0 aliphatic carbocycles. The number of halogens is 1. The van der Waals surface area contributed by atoms with Crippen LogP contribution in [0.4, 0.5) is 0 Å². The smallest absolute Gasteiger partial charge is 0.262 e. The summed E-state index contributed by atoms with van der Waals surface area (Å²) in [7, 11) is 1.59. The molecule has 0 bridgehead atoms. The number of nitrogens with zero attached hydrogens (tertiary/aromatic N) is 1. The summed E-state index contributed by atoms with van der Waals surface area (Å²) in [5.74, 6) is 1.10. The fourth-order valence-corrected chi connectivity index (χ4v) is 4.55. The van der Waals surface area contributed by atoms with Crippen molar-refractivity contribution in [3.63, 3.8) is 0 Å². The second-order valence-corrected chi connectivity index (χ2v) is 9.30. The van der Waals surface area contributed by atoms with E-state index in [0.717, 1.165) is 35.1 Å². The first kappa shape index (κ1) is 26.3. The molecule has 6 nitrogen and oxygen atoms in total. The van der Waals surface area contributed by atoms with Crippen LogP contribution in [0.15, 0.2) is 66.7 Å². The number of hydrogen-bond acceptors (Lipinski definition) is 4. The second kappa shape index (κ2) is 12.0. The van der Waals surface area contributed by atoms with Crippen molar-refractivity contribution in [3.05, 3.63) is 94.1 Å². The average molecular weight is 519 g/mol. The van der Waals surface area contributed by atoms with Crippen molar-refractivity contribution in [3.8, 4) is 11.5 Å². The minimum atomic E-state index is -0.186. The Balaban J connectivity index is 1.48. The molecule has 0 atom stereocenters. The molecule has 0 unspecified atom stereocenters. The van der Waals surface area contributed by atoms with Crippen molar-refractivity contribution in [1.82, 2.24) is 9.88 Å². The first-order valence-electron chi connectivity index (χ1n) is 12.4. The van der Waals surface area contributed by atoms with Crippen molar-refractivity contribution < 1.29 is 19.1 Å². The summed E-state index contributed by atoms with van der Waals surface area (Å²) in [4.78, 5) is 26.3. The van der Waals surface area contributed by atoms with Crippen molar-refractivity contribution in [2.75, 3.05) is 20.3 Å². The molecule has 3 aromatic carbocycles. The van der Waals surface area contributed by atoms with Crippen LogP contribution in [0.25, 0.3) is 10.9 Å². The van der Waals surface area contributed by atoms with Gasteiger partial charge in [0.25, 0.3) is 5.91 Å². The molecular formula is C30H31ClN2O4. The molecule has 0 fully saturated rings. The van der Waals surface area contributed by atoms with E-state index < -0.39 is 0 Å². The van der Waals surface area contributed by atoms with E-state index in [1.807, 2.05) is 37.3 Å². The van der Waals surface area contributed by atoms with Gasteiger partial charge in [0.15, 0.2) is 0 Å². The number of methoxy groups -OCH3 is 1. The number of rotatable bonds is 10. The van der Waals surface area contributed by atoms with Crippen molar-refractivity contribution in [1.29, 1.82) is 0 Å². The van der Waals surface area contributed by atoms with Crippen LogP contribution in [-0.2, 0) is 17.6 Å². The van der Waals surface area contributed by atoms with Gasteiger partial charge in [0.1, 0.15) is 18.1 Å². The van der Waals surface area contributed by atoms with Gasteiger partial charge in [-0.25, -0.2) is 0 Å². The lowest BCUT2D eigenvalue weighted by molar-refractivity contribution is -0.120. The standard InChI is InChI=1S/C30H31ClN2O4/c1-4-5-21-6-12-24(13-7-21)37-17-16-32-29(34)19-26-20(2)33(28-15-14-25(36-3)18-27(26)28)30(35)22-8-10-23(31)11-9-22/h6-15,18H,4-5,16-17,19H2,1-3H3,(H,32,34). The van der Waals surface area contributed by atoms with Crippen LogP contribution in [-0.4, -0.2) is 36.6 Å². The predicted octanol–water partition coefficient (Wildman–Crippen LogP) is 5.99. The van der Waals surface area contributed by atoms with Gasteiger partial charge in [-0.3, -0.25) is 14.2 Å². The molecule has 1 amide bonds. The highest BCUT2D eigenvalue weighted by molar-refractivity contribution is 6.30. The van der Waals surface area contributed by atoms with Crippen molar-refractivity contribution in [2.45, 2.75) is 33.1 Å². The summed E-state index contributed by atoms with van der Waals surface area (Å²) < 4.78 is 12.8. The lowest BCUT2D eigenvalue weighted by Crippen LogP contribution is -2.29. The van der Waals surface area contributed by atoms with Crippen LogP contribution in [0.2, 0.25) is 5.02 Å². The molecule has 0 radical (unpaired) electrons. The van der Waals surface area contributed by atoms with E-state index in [0.29, 0.717) is 35.2 Å². The van der Waals surface area contributed by atoms with Crippen molar-refractivity contribution in [2.24, 2.45) is 0 Å². The summed E-state index contributed by atoms with van der Waals surface area (Å²) in [5.41, 5.74) is 4.00. The molecule has 7 heteroatoms. The quantitative estimate of drug-likeness (QED) is 0.262. The van der Waals surface area contributed by atoms with E-state index in [2.05, 4.69) is 24.4 Å². The van der Waals surface area contributed by atoms with E-state index >= 15 is 0 Å². The monoisotopic (exact) mass is 518 g/mol. The van der Waals surface area contributed by atoms with Gasteiger partial charge in [-0.1, -0.05) is 37.1 Å². The summed E-state index contributed by atoms with van der Waals surface area (Å²) in [6.07, 6.45) is 2.28. The van der Waals surface area contributed by atoms with Gasteiger partial charge in [-0.15, -0.1) is 0 Å². The Morgan fingerprint density at radius 3 is 2.35 bits per heavy atom. The van der Waals surface area contributed by atoms with E-state index in [1.165, 1.54) is 5.56 Å². The number of carbonyl (C=O) groups is 2. The molecule has 0 saturated carbocycles. The second-order valence-electron chi connectivity index (χ2n) is 8.86. The van der Waals surface area contributed by atoms with Crippen LogP contribution in [0.3, 0.4) is 0 Å². The van der Waals surface area contributed by atoms with E-state index in [1.54, 1.807) is 35.9 Å². The molecule has 1 N–H and O–H groups in total. The molecule has 0 saturated heterocycles. The van der Waals surface area contributed by atoms with Gasteiger partial charge in [0.2, 0.25) is 5.91 Å². The minimum absolute atomic E-state index is 0.127. The number of ether oxygens (including phenoxy) is 2. The Kier molecular flexibility index (Phi) is 8.51. The lowest BCUT2D eigenvalue weighted by Gasteiger charge is -2.09. The largest absolute Gasteiger partial charge is 0.497 e. The third-order valence-corrected chi connectivity index (χ3v) is 6.58. The Morgan fingerprint density at radius 2 is 1.68 bits per heavy atom. The summed E-state index contributed by atoms with van der Waals surface area (Å²) in [6.45, 7) is 4.75. The maximum Gasteiger partial charge on any atom is 0.262 e. The van der Waals surface area contributed by atoms with Gasteiger partial charge in [0, 0.05) is 21.7 Å². The van der Waals surface area contributed by atoms with Crippen LogP contribution < -0.4 is 14.8 Å². The minimum Gasteiger partial charge on any atom is -0.497 e. The van der Waals surface area contributed by atoms with Gasteiger partial charge >= 0.3 is 0 Å². The zero-order valence-corrected chi connectivity index (χ0v) is 22.1. The number of amides is 1. The number of aryl methyl sites for hydroxylation is 1.